The lowest BCUT2D eigenvalue weighted by Crippen LogP contribution is -2.44. The van der Waals surface area contributed by atoms with E-state index in [9.17, 15) is 9.00 Å². The predicted octanol–water partition coefficient (Wildman–Crippen LogP) is 3.86. The van der Waals surface area contributed by atoms with Crippen LogP contribution in [0, 0.1) is 0 Å². The Balaban J connectivity index is 5.13. The number of hydrogen-bond donors (Lipinski definition) is 0. The maximum Gasteiger partial charge on any atom is 0.305 e. The molecular weight excluding hydrogens is 330 g/mol. The number of carbonyl (C=O) groups excluding carboxylic acids is 1. The van der Waals surface area contributed by atoms with Crippen molar-refractivity contribution in [1.29, 1.82) is 0 Å². The molecule has 0 amide bonds. The fourth-order valence-corrected chi connectivity index (χ4v) is 3.21. The minimum Gasteiger partial charge on any atom is -0.469 e. The molecule has 0 fully saturated rings. The molecule has 0 spiro atoms. The maximum atomic E-state index is 12.1. The Morgan fingerprint density at radius 3 is 2.13 bits per heavy atom. The molecule has 0 heterocycles. The largest absolute Gasteiger partial charge is 0.469 e. The van der Waals surface area contributed by atoms with E-state index in [0.29, 0.717) is 6.42 Å². The van der Waals surface area contributed by atoms with Gasteiger partial charge in [-0.05, 0) is 45.3 Å². The van der Waals surface area contributed by atoms with Gasteiger partial charge in [0.2, 0.25) is 0 Å². The van der Waals surface area contributed by atoms with Crippen molar-refractivity contribution in [2.75, 3.05) is 7.11 Å². The summed E-state index contributed by atoms with van der Waals surface area (Å²) in [5.74, 6) is -0.279. The van der Waals surface area contributed by atoms with Crippen molar-refractivity contribution in [2.24, 2.45) is 4.40 Å². The van der Waals surface area contributed by atoms with Gasteiger partial charge in [0.25, 0.3) is 0 Å². The van der Waals surface area contributed by atoms with Gasteiger partial charge >= 0.3 is 5.97 Å². The highest BCUT2D eigenvalue weighted by atomic mass is 32.2. The van der Waals surface area contributed by atoms with Crippen LogP contribution >= 0.6 is 0 Å². The topological polar surface area (TPSA) is 65.0 Å². The second-order valence-electron chi connectivity index (χ2n) is 8.15. The van der Waals surface area contributed by atoms with Crippen LogP contribution in [-0.4, -0.2) is 42.7 Å². The summed E-state index contributed by atoms with van der Waals surface area (Å²) in [4.78, 5) is 11.4. The van der Waals surface area contributed by atoms with Gasteiger partial charge in [0.15, 0.2) is 8.32 Å². The molecule has 2 atom stereocenters. The van der Waals surface area contributed by atoms with E-state index in [1.165, 1.54) is 7.11 Å². The Morgan fingerprint density at radius 2 is 1.74 bits per heavy atom. The van der Waals surface area contributed by atoms with Crippen LogP contribution in [0.25, 0.3) is 0 Å². The fraction of sp³-hybridized carbons (Fsp3) is 0.875. The second kappa shape index (κ2) is 8.53. The second-order valence-corrected chi connectivity index (χ2v) is 14.8. The van der Waals surface area contributed by atoms with Crippen LogP contribution in [0.4, 0.5) is 0 Å². The van der Waals surface area contributed by atoms with E-state index in [-0.39, 0.29) is 23.5 Å². The van der Waals surface area contributed by atoms with Crippen molar-refractivity contribution in [3.05, 3.63) is 0 Å². The van der Waals surface area contributed by atoms with E-state index >= 15 is 0 Å². The molecule has 0 aromatic heterocycles. The van der Waals surface area contributed by atoms with Crippen LogP contribution in [0.5, 0.6) is 0 Å². The Bertz CT molecular complexity index is 450. The van der Waals surface area contributed by atoms with Crippen molar-refractivity contribution in [3.8, 4) is 0 Å². The molecule has 0 aliphatic heterocycles. The molecule has 0 radical (unpaired) electrons. The first-order chi connectivity index (χ1) is 10.2. The van der Waals surface area contributed by atoms with Gasteiger partial charge in [-0.1, -0.05) is 20.8 Å². The standard InChI is InChI=1S/C16H33NO4SSi/c1-15(2,3)22(19)17-12-13(10-11-14(18)20-7)21-23(8,9)16(4,5)6/h12-13H,10-11H2,1-9H3/b17-12+/t13-,22?/m1/s1. The maximum absolute atomic E-state index is 12.1. The van der Waals surface area contributed by atoms with Crippen molar-refractivity contribution < 1.29 is 18.2 Å². The van der Waals surface area contributed by atoms with Crippen LogP contribution in [0.1, 0.15) is 54.4 Å². The number of nitrogens with zero attached hydrogens (tertiary/aromatic N) is 1. The number of hydrogen-bond acceptors (Lipinski definition) is 4. The SMILES string of the molecule is COC(=O)CC[C@H](/C=N/S(=O)C(C)(C)C)O[Si](C)(C)C(C)(C)C. The van der Waals surface area contributed by atoms with Gasteiger partial charge in [-0.2, -0.15) is 4.40 Å². The number of carbonyl (C=O) groups is 1. The van der Waals surface area contributed by atoms with Gasteiger partial charge < -0.3 is 9.16 Å². The van der Waals surface area contributed by atoms with Gasteiger partial charge in [-0.3, -0.25) is 4.79 Å². The van der Waals surface area contributed by atoms with Crippen molar-refractivity contribution in [1.82, 2.24) is 0 Å². The minimum atomic E-state index is -2.01. The molecule has 0 bridgehead atoms. The van der Waals surface area contributed by atoms with E-state index in [0.717, 1.165) is 0 Å². The van der Waals surface area contributed by atoms with Crippen LogP contribution in [0.2, 0.25) is 18.1 Å². The summed E-state index contributed by atoms with van der Waals surface area (Å²) in [6, 6.07) is 0. The van der Waals surface area contributed by atoms with Crippen molar-refractivity contribution >= 4 is 31.5 Å². The zero-order valence-corrected chi connectivity index (χ0v) is 17.9. The number of rotatable bonds is 7. The third kappa shape index (κ3) is 8.22. The predicted molar refractivity (Wildman–Crippen MR) is 99.7 cm³/mol. The van der Waals surface area contributed by atoms with E-state index in [4.69, 9.17) is 9.16 Å². The molecule has 0 aromatic carbocycles. The Morgan fingerprint density at radius 1 is 1.22 bits per heavy atom. The van der Waals surface area contributed by atoms with Crippen molar-refractivity contribution in [2.45, 2.75) is 83.4 Å². The lowest BCUT2D eigenvalue weighted by Gasteiger charge is -2.38. The fourth-order valence-electron chi connectivity index (χ4n) is 1.36. The normalized spacial score (nSPS) is 16.4. The summed E-state index contributed by atoms with van der Waals surface area (Å²) in [5.41, 5.74) is 0. The van der Waals surface area contributed by atoms with Crippen LogP contribution in [0.15, 0.2) is 4.40 Å². The third-order valence-electron chi connectivity index (χ3n) is 3.96. The number of esters is 1. The summed E-state index contributed by atoms with van der Waals surface area (Å²) in [5, 5.41) is 0.0491. The molecule has 5 nitrogen and oxygen atoms in total. The van der Waals surface area contributed by atoms with E-state index in [2.05, 4.69) is 38.3 Å². The van der Waals surface area contributed by atoms with Crippen LogP contribution < -0.4 is 0 Å². The van der Waals surface area contributed by atoms with Gasteiger partial charge in [0, 0.05) is 12.6 Å². The first-order valence-electron chi connectivity index (χ1n) is 7.91. The monoisotopic (exact) mass is 363 g/mol. The van der Waals surface area contributed by atoms with Gasteiger partial charge in [-0.25, -0.2) is 4.21 Å². The first kappa shape index (κ1) is 22.5. The Labute approximate surface area is 145 Å². The Kier molecular flexibility index (Phi) is 8.33. The molecule has 1 unspecified atom stereocenters. The summed E-state index contributed by atoms with van der Waals surface area (Å²) in [6.07, 6.45) is 2.00. The van der Waals surface area contributed by atoms with E-state index in [1.807, 2.05) is 20.8 Å². The summed E-state index contributed by atoms with van der Waals surface area (Å²) in [7, 11) is -1.98. The molecular formula is C16H33NO4SSi. The van der Waals surface area contributed by atoms with Crippen LogP contribution in [-0.2, 0) is 24.9 Å². The van der Waals surface area contributed by atoms with E-state index in [1.54, 1.807) is 6.21 Å². The number of ether oxygens (including phenoxy) is 1. The summed E-state index contributed by atoms with van der Waals surface area (Å²) >= 11 is 0. The van der Waals surface area contributed by atoms with Crippen LogP contribution in [0.3, 0.4) is 0 Å². The van der Waals surface area contributed by atoms with E-state index < -0.39 is 24.1 Å². The lowest BCUT2D eigenvalue weighted by atomic mass is 10.2. The molecule has 0 aliphatic carbocycles. The lowest BCUT2D eigenvalue weighted by molar-refractivity contribution is -0.141. The average Bonchev–Trinajstić information content (AvgIpc) is 2.38. The van der Waals surface area contributed by atoms with Gasteiger partial charge in [0.05, 0.1) is 18.0 Å². The molecule has 0 aromatic rings. The summed E-state index contributed by atoms with van der Waals surface area (Å²) < 4.78 is 26.8. The molecule has 0 rings (SSSR count). The summed E-state index contributed by atoms with van der Waals surface area (Å²) in [6.45, 7) is 16.4. The molecule has 23 heavy (non-hydrogen) atoms. The molecule has 136 valence electrons. The molecule has 0 saturated carbocycles. The zero-order chi connectivity index (χ0) is 18.5. The quantitative estimate of drug-likeness (QED) is 0.391. The first-order valence-corrected chi connectivity index (χ1v) is 11.9. The zero-order valence-electron chi connectivity index (χ0n) is 16.1. The third-order valence-corrected chi connectivity index (χ3v) is 9.82. The van der Waals surface area contributed by atoms with Gasteiger partial charge in [-0.15, -0.1) is 0 Å². The molecule has 0 saturated heterocycles. The Hall–Kier alpha value is -0.533. The molecule has 0 aliphatic rings. The van der Waals surface area contributed by atoms with Crippen molar-refractivity contribution in [3.63, 3.8) is 0 Å². The highest BCUT2D eigenvalue weighted by molar-refractivity contribution is 7.85. The molecule has 0 N–H and O–H groups in total. The van der Waals surface area contributed by atoms with Gasteiger partial charge in [0.1, 0.15) is 11.0 Å². The highest BCUT2D eigenvalue weighted by Crippen LogP contribution is 2.37. The minimum absolute atomic E-state index is 0.0491. The number of methoxy groups -OCH3 is 1. The molecule has 7 heteroatoms. The highest BCUT2D eigenvalue weighted by Gasteiger charge is 2.39. The smallest absolute Gasteiger partial charge is 0.305 e. The average molecular weight is 364 g/mol.